The summed E-state index contributed by atoms with van der Waals surface area (Å²) in [4.78, 5) is 13.3. The minimum absolute atomic E-state index is 0.0210. The van der Waals surface area contributed by atoms with Crippen molar-refractivity contribution in [2.24, 2.45) is 5.73 Å². The fourth-order valence-corrected chi connectivity index (χ4v) is 8.96. The van der Waals surface area contributed by atoms with Gasteiger partial charge in [-0.15, -0.1) is 23.1 Å². The number of nitrogen functional groups attached to an aromatic ring is 1. The number of ether oxygens (including phenoxy) is 1. The summed E-state index contributed by atoms with van der Waals surface area (Å²) in [7, 11) is -6.22. The summed E-state index contributed by atoms with van der Waals surface area (Å²) in [6, 6.07) is 9.72. The van der Waals surface area contributed by atoms with Gasteiger partial charge in [-0.05, 0) is 61.4 Å². The van der Waals surface area contributed by atoms with Gasteiger partial charge in [0.05, 0.1) is 31.7 Å². The molecular formula is C27H30F3N3O6S4. The van der Waals surface area contributed by atoms with Crippen LogP contribution in [0.3, 0.4) is 0 Å². The van der Waals surface area contributed by atoms with Gasteiger partial charge < -0.3 is 15.4 Å². The maximum absolute atomic E-state index is 13.8. The summed E-state index contributed by atoms with van der Waals surface area (Å²) in [6.07, 6.45) is -2.59. The van der Waals surface area contributed by atoms with E-state index < -0.39 is 38.3 Å². The number of thiophene rings is 1. The number of nitrogens with zero attached hydrogens (tertiary/aromatic N) is 1. The van der Waals surface area contributed by atoms with Gasteiger partial charge in [0.2, 0.25) is 9.84 Å². The molecule has 0 saturated carbocycles. The number of unbranched alkanes of at least 4 members (excludes halogenated alkanes) is 1. The highest BCUT2D eigenvalue weighted by molar-refractivity contribution is 8.01. The lowest BCUT2D eigenvalue weighted by Crippen LogP contribution is -2.42. The van der Waals surface area contributed by atoms with E-state index in [1.807, 2.05) is 0 Å². The fourth-order valence-electron chi connectivity index (χ4n) is 4.33. The molecule has 0 bridgehead atoms. The molecule has 0 aliphatic rings. The lowest BCUT2D eigenvalue weighted by Gasteiger charge is -2.28. The molecule has 0 unspecified atom stereocenters. The van der Waals surface area contributed by atoms with E-state index in [9.17, 15) is 34.8 Å². The number of methoxy groups -OCH3 is 1. The van der Waals surface area contributed by atoms with Gasteiger partial charge >= 0.3 is 12.1 Å². The van der Waals surface area contributed by atoms with Crippen LogP contribution in [0.4, 0.5) is 18.9 Å². The molecule has 0 spiro atoms. The van der Waals surface area contributed by atoms with E-state index in [0.717, 1.165) is 17.6 Å². The number of aryl methyl sites for hydroxylation is 1. The number of hydrogen-bond donors (Lipinski definition) is 2. The molecule has 0 fully saturated rings. The Morgan fingerprint density at radius 2 is 1.79 bits per heavy atom. The fraction of sp³-hybridized carbons (Fsp3) is 0.333. The molecular weight excluding hydrogens is 648 g/mol. The molecule has 234 valence electrons. The molecule has 0 aliphatic carbocycles. The van der Waals surface area contributed by atoms with E-state index in [1.54, 1.807) is 19.2 Å². The lowest BCUT2D eigenvalue weighted by atomic mass is 9.97. The number of benzene rings is 2. The van der Waals surface area contributed by atoms with Gasteiger partial charge in [-0.3, -0.25) is 10.2 Å². The number of carbonyl (C=O) groups excluding carboxylic acids is 1. The molecule has 0 atom stereocenters. The maximum Gasteiger partial charge on any atom is 0.471 e. The summed E-state index contributed by atoms with van der Waals surface area (Å²) in [5, 5.41) is 7.70. The quantitative estimate of drug-likeness (QED) is 0.114. The number of halogens is 3. The maximum atomic E-state index is 13.8. The summed E-state index contributed by atoms with van der Waals surface area (Å²) >= 11 is 2.22. The third-order valence-electron chi connectivity index (χ3n) is 6.29. The van der Waals surface area contributed by atoms with Gasteiger partial charge in [0.25, 0.3) is 0 Å². The van der Waals surface area contributed by atoms with E-state index in [-0.39, 0.29) is 61.7 Å². The Hall–Kier alpha value is -3.08. The SMILES string of the molecule is COc1cc(C)c(-c2cccc(S(=O)(=O)c3cc(C(=N)N)sc3SC)c2)c(N(CCCCS(C)(=O)=O)C(=O)C(F)(F)F)c1. The second-order valence-corrected chi connectivity index (χ2v) is 15.8. The third kappa shape index (κ3) is 8.10. The van der Waals surface area contributed by atoms with Crippen LogP contribution in [0.5, 0.6) is 5.75 Å². The molecule has 0 radical (unpaired) electrons. The van der Waals surface area contributed by atoms with Crippen molar-refractivity contribution in [3.8, 4) is 16.9 Å². The summed E-state index contributed by atoms with van der Waals surface area (Å²) in [5.74, 6) is -2.56. The van der Waals surface area contributed by atoms with Crippen molar-refractivity contribution < 1.29 is 39.5 Å². The summed E-state index contributed by atoms with van der Waals surface area (Å²) < 4.78 is 97.7. The van der Waals surface area contributed by atoms with Crippen molar-refractivity contribution in [1.29, 1.82) is 5.41 Å². The zero-order valence-electron chi connectivity index (χ0n) is 23.6. The van der Waals surface area contributed by atoms with Crippen LogP contribution >= 0.6 is 23.1 Å². The van der Waals surface area contributed by atoms with Crippen molar-refractivity contribution in [3.63, 3.8) is 0 Å². The minimum Gasteiger partial charge on any atom is -0.497 e. The van der Waals surface area contributed by atoms with Crippen LogP contribution in [0.2, 0.25) is 0 Å². The number of amides is 1. The van der Waals surface area contributed by atoms with Crippen molar-refractivity contribution in [2.45, 2.75) is 39.9 Å². The first kappa shape index (κ1) is 34.4. The van der Waals surface area contributed by atoms with Crippen LogP contribution < -0.4 is 15.4 Å². The van der Waals surface area contributed by atoms with Gasteiger partial charge in [0, 0.05) is 30.2 Å². The van der Waals surface area contributed by atoms with Crippen LogP contribution in [0.25, 0.3) is 11.1 Å². The Bertz CT molecular complexity index is 1750. The highest BCUT2D eigenvalue weighted by Gasteiger charge is 2.43. The second-order valence-electron chi connectivity index (χ2n) is 9.54. The first-order chi connectivity index (χ1) is 19.9. The highest BCUT2D eigenvalue weighted by Crippen LogP contribution is 2.42. The summed E-state index contributed by atoms with van der Waals surface area (Å²) in [6.45, 7) is 1.14. The molecule has 1 aromatic heterocycles. The standard InChI is InChI=1S/C27H30F3N3O6S4/c1-16-12-18(39-2)14-20(33(26(34)27(28,29)30)10-5-6-11-42(4,35)36)23(16)17-8-7-9-19(13-17)43(37,38)22-15-21(24(31)32)41-25(22)40-3/h7-9,12-15H,5-6,10-11H2,1-4H3,(H3,31,32). The van der Waals surface area contributed by atoms with Gasteiger partial charge in [0.15, 0.2) is 0 Å². The number of anilines is 1. The molecule has 2 aromatic carbocycles. The van der Waals surface area contributed by atoms with E-state index in [0.29, 0.717) is 14.7 Å². The first-order valence-electron chi connectivity index (χ1n) is 12.5. The number of amidine groups is 1. The van der Waals surface area contributed by atoms with Gasteiger partial charge in [-0.1, -0.05) is 12.1 Å². The number of alkyl halides is 3. The zero-order chi connectivity index (χ0) is 32.3. The van der Waals surface area contributed by atoms with Gasteiger partial charge in [0.1, 0.15) is 21.4 Å². The number of nitrogens with one attached hydrogen (secondary N) is 1. The highest BCUT2D eigenvalue weighted by atomic mass is 32.2. The molecule has 3 N–H and O–H groups in total. The van der Waals surface area contributed by atoms with E-state index in [1.165, 1.54) is 55.3 Å². The van der Waals surface area contributed by atoms with Crippen molar-refractivity contribution in [1.82, 2.24) is 0 Å². The van der Waals surface area contributed by atoms with Gasteiger partial charge in [-0.2, -0.15) is 13.2 Å². The van der Waals surface area contributed by atoms with E-state index >= 15 is 0 Å². The molecule has 0 saturated heterocycles. The Kier molecular flexibility index (Phi) is 10.6. The molecule has 1 heterocycles. The largest absolute Gasteiger partial charge is 0.497 e. The normalized spacial score (nSPS) is 12.3. The average Bonchev–Trinajstić information content (AvgIpc) is 3.37. The predicted octanol–water partition coefficient (Wildman–Crippen LogP) is 5.29. The number of thioether (sulfide) groups is 1. The molecule has 9 nitrogen and oxygen atoms in total. The van der Waals surface area contributed by atoms with Crippen molar-refractivity contribution in [2.75, 3.05) is 36.8 Å². The van der Waals surface area contributed by atoms with Crippen LogP contribution in [0.1, 0.15) is 23.3 Å². The predicted molar refractivity (Wildman–Crippen MR) is 163 cm³/mol. The van der Waals surface area contributed by atoms with E-state index in [4.69, 9.17) is 15.9 Å². The van der Waals surface area contributed by atoms with E-state index in [2.05, 4.69) is 0 Å². The summed E-state index contributed by atoms with van der Waals surface area (Å²) in [5.41, 5.74) is 6.19. The Labute approximate surface area is 256 Å². The number of nitrogens with two attached hydrogens (primary N) is 1. The molecule has 3 aromatic rings. The van der Waals surface area contributed by atoms with Crippen LogP contribution in [0, 0.1) is 12.3 Å². The molecule has 1 amide bonds. The third-order valence-corrected chi connectivity index (χ3v) is 11.7. The number of rotatable bonds is 12. The molecule has 0 aliphatic heterocycles. The van der Waals surface area contributed by atoms with Crippen molar-refractivity contribution in [3.05, 3.63) is 52.9 Å². The Balaban J connectivity index is 2.21. The molecule has 16 heteroatoms. The zero-order valence-corrected chi connectivity index (χ0v) is 26.9. The average molecular weight is 678 g/mol. The van der Waals surface area contributed by atoms with Crippen LogP contribution in [-0.4, -0.2) is 66.7 Å². The number of carbonyl (C=O) groups is 1. The van der Waals surface area contributed by atoms with Gasteiger partial charge in [-0.25, -0.2) is 16.8 Å². The minimum atomic E-state index is -5.25. The Morgan fingerprint density at radius 1 is 1.12 bits per heavy atom. The van der Waals surface area contributed by atoms with Crippen molar-refractivity contribution >= 4 is 60.2 Å². The topological polar surface area (TPSA) is 148 Å². The molecule has 43 heavy (non-hydrogen) atoms. The molecule has 3 rings (SSSR count). The second kappa shape index (κ2) is 13.3. The monoisotopic (exact) mass is 677 g/mol. The number of hydrogen-bond acceptors (Lipinski definition) is 9. The number of sulfone groups is 2. The Morgan fingerprint density at radius 3 is 2.35 bits per heavy atom. The van der Waals surface area contributed by atoms with Crippen LogP contribution in [-0.2, 0) is 24.5 Å². The smallest absolute Gasteiger partial charge is 0.471 e. The lowest BCUT2D eigenvalue weighted by molar-refractivity contribution is -0.170. The van der Waals surface area contributed by atoms with Crippen LogP contribution in [0.15, 0.2) is 56.5 Å². The first-order valence-corrected chi connectivity index (χ1v) is 18.1.